The van der Waals surface area contributed by atoms with Crippen molar-refractivity contribution in [2.45, 2.75) is 46.0 Å². The van der Waals surface area contributed by atoms with Crippen LogP contribution in [0.15, 0.2) is 42.5 Å². The number of halogens is 2. The summed E-state index contributed by atoms with van der Waals surface area (Å²) in [5.41, 5.74) is 2.93. The van der Waals surface area contributed by atoms with Gasteiger partial charge in [0.05, 0.1) is 5.75 Å². The molecule has 0 saturated heterocycles. The molecule has 0 aliphatic carbocycles. The third-order valence-electron chi connectivity index (χ3n) is 4.82. The maximum atomic E-state index is 13.1. The highest BCUT2D eigenvalue weighted by Crippen LogP contribution is 2.28. The lowest BCUT2D eigenvalue weighted by atomic mass is 10.1. The maximum absolute atomic E-state index is 13.1. The molecule has 0 saturated carbocycles. The molecule has 4 nitrogen and oxygen atoms in total. The number of hydrogen-bond donors (Lipinski definition) is 1. The topological polar surface area (TPSA) is 49.4 Å². The molecule has 0 aliphatic heterocycles. The second-order valence-corrected chi connectivity index (χ2v) is 9.82. The van der Waals surface area contributed by atoms with Crippen molar-refractivity contribution in [3.05, 3.63) is 69.2 Å². The van der Waals surface area contributed by atoms with Crippen LogP contribution in [0.25, 0.3) is 0 Å². The SMILES string of the molecule is Cc1cccc(CN(C(=O)CSCc2c(Cl)cccc2Cl)[C@H](C)C(=O)NCC(C)C)c1. The number of nitrogens with zero attached hydrogens (tertiary/aromatic N) is 1. The van der Waals surface area contributed by atoms with Crippen molar-refractivity contribution in [2.75, 3.05) is 12.3 Å². The van der Waals surface area contributed by atoms with Gasteiger partial charge in [-0.3, -0.25) is 9.59 Å². The van der Waals surface area contributed by atoms with Crippen LogP contribution in [0.3, 0.4) is 0 Å². The predicted octanol–water partition coefficient (Wildman–Crippen LogP) is 5.72. The largest absolute Gasteiger partial charge is 0.354 e. The molecule has 2 aromatic rings. The Morgan fingerprint density at radius 2 is 1.71 bits per heavy atom. The van der Waals surface area contributed by atoms with Crippen molar-refractivity contribution >= 4 is 46.8 Å². The zero-order chi connectivity index (χ0) is 23.0. The van der Waals surface area contributed by atoms with E-state index in [1.807, 2.05) is 45.0 Å². The molecule has 1 atom stereocenters. The smallest absolute Gasteiger partial charge is 0.242 e. The molecule has 0 bridgehead atoms. The third-order valence-corrected chi connectivity index (χ3v) is 6.47. The Labute approximate surface area is 199 Å². The first-order chi connectivity index (χ1) is 14.7. The van der Waals surface area contributed by atoms with Gasteiger partial charge in [-0.25, -0.2) is 0 Å². The van der Waals surface area contributed by atoms with Crippen molar-refractivity contribution in [2.24, 2.45) is 5.92 Å². The van der Waals surface area contributed by atoms with E-state index in [0.29, 0.717) is 34.8 Å². The molecular formula is C24H30Cl2N2O2S. The summed E-state index contributed by atoms with van der Waals surface area (Å²) in [5.74, 6) is 0.856. The molecule has 2 amide bonds. The molecule has 31 heavy (non-hydrogen) atoms. The number of carbonyl (C=O) groups excluding carboxylic acids is 2. The molecule has 0 spiro atoms. The Morgan fingerprint density at radius 3 is 2.32 bits per heavy atom. The normalized spacial score (nSPS) is 12.0. The second kappa shape index (κ2) is 12.4. The number of benzene rings is 2. The van der Waals surface area contributed by atoms with Crippen LogP contribution >= 0.6 is 35.0 Å². The molecule has 0 heterocycles. The van der Waals surface area contributed by atoms with Gasteiger partial charge in [0.1, 0.15) is 6.04 Å². The minimum Gasteiger partial charge on any atom is -0.354 e. The van der Waals surface area contributed by atoms with Gasteiger partial charge in [0.2, 0.25) is 11.8 Å². The van der Waals surface area contributed by atoms with Gasteiger partial charge in [-0.05, 0) is 43.0 Å². The average Bonchev–Trinajstić information content (AvgIpc) is 2.71. The van der Waals surface area contributed by atoms with E-state index in [9.17, 15) is 9.59 Å². The molecule has 0 fully saturated rings. The van der Waals surface area contributed by atoms with Gasteiger partial charge in [0.25, 0.3) is 0 Å². The highest BCUT2D eigenvalue weighted by Gasteiger charge is 2.26. The van der Waals surface area contributed by atoms with Gasteiger partial charge in [-0.2, -0.15) is 0 Å². The van der Waals surface area contributed by atoms with Gasteiger partial charge >= 0.3 is 0 Å². The Bertz CT molecular complexity index is 885. The third kappa shape index (κ3) is 8.06. The van der Waals surface area contributed by atoms with Gasteiger partial charge in [0, 0.05) is 28.9 Å². The van der Waals surface area contributed by atoms with Crippen molar-refractivity contribution in [3.8, 4) is 0 Å². The molecule has 0 unspecified atom stereocenters. The molecular weight excluding hydrogens is 451 g/mol. The minimum atomic E-state index is -0.573. The molecule has 0 aliphatic rings. The number of amides is 2. The van der Waals surface area contributed by atoms with Crippen LogP contribution in [0.5, 0.6) is 0 Å². The lowest BCUT2D eigenvalue weighted by molar-refractivity contribution is -0.138. The van der Waals surface area contributed by atoms with Crippen LogP contribution in [0.4, 0.5) is 0 Å². The fourth-order valence-electron chi connectivity index (χ4n) is 3.04. The summed E-state index contributed by atoms with van der Waals surface area (Å²) in [6.07, 6.45) is 0. The van der Waals surface area contributed by atoms with Gasteiger partial charge in [-0.15, -0.1) is 11.8 Å². The molecule has 7 heteroatoms. The van der Waals surface area contributed by atoms with Crippen molar-refractivity contribution in [1.29, 1.82) is 0 Å². The molecule has 2 aromatic carbocycles. The average molecular weight is 481 g/mol. The Morgan fingerprint density at radius 1 is 1.06 bits per heavy atom. The van der Waals surface area contributed by atoms with Gasteiger partial charge in [-0.1, -0.05) is 72.9 Å². The fraction of sp³-hybridized carbons (Fsp3) is 0.417. The van der Waals surface area contributed by atoms with Crippen LogP contribution in [0.2, 0.25) is 10.0 Å². The second-order valence-electron chi connectivity index (χ2n) is 8.02. The van der Waals surface area contributed by atoms with E-state index in [4.69, 9.17) is 23.2 Å². The highest BCUT2D eigenvalue weighted by atomic mass is 35.5. The van der Waals surface area contributed by atoms with Crippen LogP contribution < -0.4 is 5.32 Å². The first-order valence-electron chi connectivity index (χ1n) is 10.3. The van der Waals surface area contributed by atoms with Gasteiger partial charge in [0.15, 0.2) is 0 Å². The van der Waals surface area contributed by atoms with E-state index in [0.717, 1.165) is 16.7 Å². The van der Waals surface area contributed by atoms with Crippen LogP contribution in [-0.2, 0) is 21.9 Å². The molecule has 1 N–H and O–H groups in total. The number of thioether (sulfide) groups is 1. The monoisotopic (exact) mass is 480 g/mol. The highest BCUT2D eigenvalue weighted by molar-refractivity contribution is 7.99. The Hall–Kier alpha value is -1.69. The predicted molar refractivity (Wildman–Crippen MR) is 132 cm³/mol. The lowest BCUT2D eigenvalue weighted by Crippen LogP contribution is -2.48. The zero-order valence-corrected chi connectivity index (χ0v) is 20.8. The van der Waals surface area contributed by atoms with Crippen molar-refractivity contribution < 1.29 is 9.59 Å². The number of rotatable bonds is 10. The summed E-state index contributed by atoms with van der Waals surface area (Å²) >= 11 is 13.9. The molecule has 2 rings (SSSR count). The lowest BCUT2D eigenvalue weighted by Gasteiger charge is -2.29. The van der Waals surface area contributed by atoms with E-state index in [2.05, 4.69) is 5.32 Å². The zero-order valence-electron chi connectivity index (χ0n) is 18.5. The van der Waals surface area contributed by atoms with Crippen LogP contribution in [-0.4, -0.2) is 35.1 Å². The van der Waals surface area contributed by atoms with E-state index >= 15 is 0 Å². The first kappa shape index (κ1) is 25.6. The summed E-state index contributed by atoms with van der Waals surface area (Å²) < 4.78 is 0. The van der Waals surface area contributed by atoms with E-state index < -0.39 is 6.04 Å². The fourth-order valence-corrected chi connectivity index (χ4v) is 4.68. The van der Waals surface area contributed by atoms with E-state index in [1.54, 1.807) is 30.0 Å². The minimum absolute atomic E-state index is 0.0955. The van der Waals surface area contributed by atoms with E-state index in [-0.39, 0.29) is 17.6 Å². The maximum Gasteiger partial charge on any atom is 0.242 e. The number of nitrogens with one attached hydrogen (secondary N) is 1. The van der Waals surface area contributed by atoms with Crippen molar-refractivity contribution in [3.63, 3.8) is 0 Å². The molecule has 0 aromatic heterocycles. The number of aryl methyl sites for hydroxylation is 1. The van der Waals surface area contributed by atoms with Crippen LogP contribution in [0, 0.1) is 12.8 Å². The quantitative estimate of drug-likeness (QED) is 0.472. The Balaban J connectivity index is 2.10. The van der Waals surface area contributed by atoms with Crippen molar-refractivity contribution in [1.82, 2.24) is 10.2 Å². The summed E-state index contributed by atoms with van der Waals surface area (Å²) in [6.45, 7) is 8.82. The summed E-state index contributed by atoms with van der Waals surface area (Å²) in [5, 5.41) is 4.11. The number of carbonyl (C=O) groups is 2. The standard InChI is InChI=1S/C24H30Cl2N2O2S/c1-16(2)12-27-24(30)18(4)28(13-19-8-5-7-17(3)11-19)23(29)15-31-14-20-21(25)9-6-10-22(20)26/h5-11,16,18H,12-15H2,1-4H3,(H,27,30)/t18-/m1/s1. The summed E-state index contributed by atoms with van der Waals surface area (Å²) in [4.78, 5) is 27.5. The number of hydrogen-bond acceptors (Lipinski definition) is 3. The first-order valence-corrected chi connectivity index (χ1v) is 12.2. The Kier molecular flexibility index (Phi) is 10.2. The molecule has 0 radical (unpaired) electrons. The van der Waals surface area contributed by atoms with Crippen LogP contribution in [0.1, 0.15) is 37.5 Å². The van der Waals surface area contributed by atoms with Gasteiger partial charge < -0.3 is 10.2 Å². The van der Waals surface area contributed by atoms with E-state index in [1.165, 1.54) is 11.8 Å². The molecule has 168 valence electrons. The summed E-state index contributed by atoms with van der Waals surface area (Å²) in [6, 6.07) is 12.8. The summed E-state index contributed by atoms with van der Waals surface area (Å²) in [7, 11) is 0.